The fraction of sp³-hybridized carbons (Fsp3) is 0.500. The summed E-state index contributed by atoms with van der Waals surface area (Å²) in [6, 6.07) is 0. The van der Waals surface area contributed by atoms with Crippen LogP contribution >= 0.6 is 23.3 Å². The van der Waals surface area contributed by atoms with Gasteiger partial charge in [-0.05, 0) is 17.8 Å². The van der Waals surface area contributed by atoms with E-state index in [2.05, 4.69) is 45.3 Å². The van der Waals surface area contributed by atoms with E-state index < -0.39 is 0 Å². The van der Waals surface area contributed by atoms with E-state index in [-0.39, 0.29) is 11.4 Å². The van der Waals surface area contributed by atoms with Crippen molar-refractivity contribution in [2.45, 2.75) is 31.3 Å². The van der Waals surface area contributed by atoms with E-state index in [0.29, 0.717) is 11.0 Å². The summed E-state index contributed by atoms with van der Waals surface area (Å²) in [7, 11) is 0. The Morgan fingerprint density at radius 2 is 1.89 bits per heavy atom. The van der Waals surface area contributed by atoms with Crippen LogP contribution in [-0.4, -0.2) is 30.8 Å². The highest BCUT2D eigenvalue weighted by atomic mass is 32.2. The Labute approximate surface area is 114 Å². The first-order valence-electron chi connectivity index (χ1n) is 5.30. The molecule has 2 N–H and O–H groups in total. The minimum atomic E-state index is -0.108. The molecule has 2 rings (SSSR count). The summed E-state index contributed by atoms with van der Waals surface area (Å²) in [5, 5.41) is 4.77. The molecule has 0 atom stereocenters. The third-order valence-electron chi connectivity index (χ3n) is 2.22. The van der Waals surface area contributed by atoms with Crippen molar-refractivity contribution in [3.8, 4) is 10.7 Å². The Kier molecular flexibility index (Phi) is 3.49. The van der Waals surface area contributed by atoms with Gasteiger partial charge >= 0.3 is 0 Å². The van der Waals surface area contributed by atoms with Crippen molar-refractivity contribution in [2.75, 3.05) is 12.0 Å². The van der Waals surface area contributed by atoms with Crippen LogP contribution < -0.4 is 5.73 Å². The van der Waals surface area contributed by atoms with Gasteiger partial charge in [-0.25, -0.2) is 4.98 Å². The molecule has 0 radical (unpaired) electrons. The summed E-state index contributed by atoms with van der Waals surface area (Å²) in [5.74, 6) is 0.768. The standard InChI is InChI=1S/C10H14N6S2/c1-10(2,3)6-5(18-16-15-6)7-12-8(11)14-9(13-7)17-4/h1-4H3,(H2,11,12,13,14). The van der Waals surface area contributed by atoms with Crippen molar-refractivity contribution < 1.29 is 0 Å². The predicted molar refractivity (Wildman–Crippen MR) is 73.6 cm³/mol. The van der Waals surface area contributed by atoms with Crippen LogP contribution in [0.2, 0.25) is 0 Å². The Balaban J connectivity index is 2.56. The number of anilines is 1. The Bertz CT molecular complexity index is 560. The molecule has 2 aromatic rings. The van der Waals surface area contributed by atoms with E-state index in [1.165, 1.54) is 23.3 Å². The van der Waals surface area contributed by atoms with E-state index in [4.69, 9.17) is 5.73 Å². The van der Waals surface area contributed by atoms with E-state index in [1.54, 1.807) is 0 Å². The van der Waals surface area contributed by atoms with Gasteiger partial charge < -0.3 is 5.73 Å². The number of hydrogen-bond donors (Lipinski definition) is 1. The van der Waals surface area contributed by atoms with Gasteiger partial charge in [0.15, 0.2) is 11.0 Å². The molecule has 18 heavy (non-hydrogen) atoms. The van der Waals surface area contributed by atoms with Gasteiger partial charge in [-0.1, -0.05) is 37.0 Å². The number of aromatic nitrogens is 5. The quantitative estimate of drug-likeness (QED) is 0.842. The average Bonchev–Trinajstić information content (AvgIpc) is 2.76. The van der Waals surface area contributed by atoms with Gasteiger partial charge in [-0.2, -0.15) is 9.97 Å². The van der Waals surface area contributed by atoms with E-state index in [1.807, 2.05) is 6.26 Å². The number of thioether (sulfide) groups is 1. The van der Waals surface area contributed by atoms with Gasteiger partial charge in [-0.15, -0.1) is 5.10 Å². The molecule has 0 bridgehead atoms. The summed E-state index contributed by atoms with van der Waals surface area (Å²) >= 11 is 2.71. The lowest BCUT2D eigenvalue weighted by molar-refractivity contribution is 0.567. The molecule has 0 aliphatic rings. The minimum absolute atomic E-state index is 0.108. The van der Waals surface area contributed by atoms with Gasteiger partial charge in [0.1, 0.15) is 4.88 Å². The third kappa shape index (κ3) is 2.59. The third-order valence-corrected chi connectivity index (χ3v) is 3.49. The topological polar surface area (TPSA) is 90.5 Å². The fourth-order valence-electron chi connectivity index (χ4n) is 1.39. The summed E-state index contributed by atoms with van der Waals surface area (Å²) in [4.78, 5) is 13.4. The van der Waals surface area contributed by atoms with Gasteiger partial charge in [-0.3, -0.25) is 0 Å². The molecule has 0 aliphatic heterocycles. The van der Waals surface area contributed by atoms with Crippen LogP contribution in [0.25, 0.3) is 10.7 Å². The summed E-state index contributed by atoms with van der Waals surface area (Å²) in [6.07, 6.45) is 1.90. The minimum Gasteiger partial charge on any atom is -0.368 e. The van der Waals surface area contributed by atoms with E-state index >= 15 is 0 Å². The van der Waals surface area contributed by atoms with Crippen LogP contribution in [0.15, 0.2) is 5.16 Å². The number of nitrogen functional groups attached to an aromatic ring is 1. The second-order valence-corrected chi connectivity index (χ2v) is 6.23. The smallest absolute Gasteiger partial charge is 0.224 e. The zero-order valence-electron chi connectivity index (χ0n) is 10.6. The van der Waals surface area contributed by atoms with Gasteiger partial charge in [0, 0.05) is 5.41 Å². The van der Waals surface area contributed by atoms with Crippen LogP contribution in [0.5, 0.6) is 0 Å². The van der Waals surface area contributed by atoms with Crippen molar-refractivity contribution in [1.29, 1.82) is 0 Å². The molecule has 8 heteroatoms. The van der Waals surface area contributed by atoms with Gasteiger partial charge in [0.05, 0.1) is 5.69 Å². The molecule has 0 fully saturated rings. The second kappa shape index (κ2) is 4.77. The first-order chi connectivity index (χ1) is 8.41. The van der Waals surface area contributed by atoms with Gasteiger partial charge in [0.2, 0.25) is 5.95 Å². The van der Waals surface area contributed by atoms with Crippen molar-refractivity contribution in [3.05, 3.63) is 5.69 Å². The molecule has 2 aromatic heterocycles. The summed E-state index contributed by atoms with van der Waals surface area (Å²) in [5.41, 5.74) is 6.46. The lowest BCUT2D eigenvalue weighted by atomic mass is 9.91. The predicted octanol–water partition coefficient (Wildman–Crippen LogP) is 1.99. The Hall–Kier alpha value is -1.28. The molecule has 0 amide bonds. The van der Waals surface area contributed by atoms with E-state index in [9.17, 15) is 0 Å². The molecule has 2 heterocycles. The molecule has 0 saturated carbocycles. The van der Waals surface area contributed by atoms with Crippen molar-refractivity contribution >= 4 is 29.2 Å². The van der Waals surface area contributed by atoms with Crippen LogP contribution in [0.1, 0.15) is 26.5 Å². The number of hydrogen-bond acceptors (Lipinski definition) is 8. The average molecular weight is 282 g/mol. The first kappa shape index (κ1) is 13.2. The van der Waals surface area contributed by atoms with Crippen LogP contribution in [0.3, 0.4) is 0 Å². The van der Waals surface area contributed by atoms with Gasteiger partial charge in [0.25, 0.3) is 0 Å². The Morgan fingerprint density at radius 3 is 2.50 bits per heavy atom. The molecule has 96 valence electrons. The van der Waals surface area contributed by atoms with Crippen LogP contribution in [0.4, 0.5) is 5.95 Å². The normalized spacial score (nSPS) is 11.8. The number of rotatable bonds is 2. The largest absolute Gasteiger partial charge is 0.368 e. The highest BCUT2D eigenvalue weighted by Gasteiger charge is 2.25. The van der Waals surface area contributed by atoms with E-state index in [0.717, 1.165) is 10.6 Å². The maximum Gasteiger partial charge on any atom is 0.224 e. The lowest BCUT2D eigenvalue weighted by Crippen LogP contribution is -2.14. The molecule has 6 nitrogen and oxygen atoms in total. The van der Waals surface area contributed by atoms with Crippen LogP contribution in [0, 0.1) is 0 Å². The zero-order chi connectivity index (χ0) is 13.3. The highest BCUT2D eigenvalue weighted by Crippen LogP contribution is 2.32. The molecule has 0 spiro atoms. The molecule has 0 unspecified atom stereocenters. The monoisotopic (exact) mass is 282 g/mol. The van der Waals surface area contributed by atoms with Crippen molar-refractivity contribution in [2.24, 2.45) is 0 Å². The fourth-order valence-corrected chi connectivity index (χ4v) is 2.57. The lowest BCUT2D eigenvalue weighted by Gasteiger charge is -2.15. The highest BCUT2D eigenvalue weighted by molar-refractivity contribution is 7.98. The number of nitrogens with two attached hydrogens (primary N) is 1. The number of nitrogens with zero attached hydrogens (tertiary/aromatic N) is 5. The van der Waals surface area contributed by atoms with Crippen molar-refractivity contribution in [1.82, 2.24) is 24.5 Å². The first-order valence-corrected chi connectivity index (χ1v) is 7.30. The summed E-state index contributed by atoms with van der Waals surface area (Å²) < 4.78 is 3.99. The second-order valence-electron chi connectivity index (χ2n) is 4.70. The SMILES string of the molecule is CSc1nc(N)nc(-c2snnc2C(C)(C)C)n1. The molecular formula is C10H14N6S2. The summed E-state index contributed by atoms with van der Waals surface area (Å²) in [6.45, 7) is 6.23. The molecule has 0 aliphatic carbocycles. The Morgan fingerprint density at radius 1 is 1.17 bits per heavy atom. The maximum absolute atomic E-state index is 5.69. The zero-order valence-corrected chi connectivity index (χ0v) is 12.3. The van der Waals surface area contributed by atoms with Crippen LogP contribution in [-0.2, 0) is 5.41 Å². The molecule has 0 saturated heterocycles. The molecular weight excluding hydrogens is 268 g/mol. The molecule has 0 aromatic carbocycles. The van der Waals surface area contributed by atoms with Crippen molar-refractivity contribution in [3.63, 3.8) is 0 Å². The maximum atomic E-state index is 5.69.